The predicted octanol–water partition coefficient (Wildman–Crippen LogP) is 2.40. The van der Waals surface area contributed by atoms with Crippen LogP contribution in [0.5, 0.6) is 0 Å². The number of fused-ring (bicyclic) bond motifs is 2. The third-order valence-electron chi connectivity index (χ3n) is 6.50. The van der Waals surface area contributed by atoms with Crippen molar-refractivity contribution in [2.24, 2.45) is 13.0 Å². The summed E-state index contributed by atoms with van der Waals surface area (Å²) in [6.45, 7) is 2.46. The van der Waals surface area contributed by atoms with Crippen molar-refractivity contribution in [1.29, 1.82) is 0 Å². The molecule has 5 heterocycles. The molecule has 142 valence electrons. The van der Waals surface area contributed by atoms with Crippen molar-refractivity contribution < 1.29 is 13.6 Å². The number of aromatic nitrogens is 2. The first kappa shape index (κ1) is 16.9. The highest BCUT2D eigenvalue weighted by molar-refractivity contribution is 5.93. The van der Waals surface area contributed by atoms with Crippen LogP contribution in [-0.4, -0.2) is 57.2 Å². The van der Waals surface area contributed by atoms with Crippen LogP contribution in [0.2, 0.25) is 0 Å². The van der Waals surface area contributed by atoms with Gasteiger partial charge < -0.3 is 4.90 Å². The van der Waals surface area contributed by atoms with Gasteiger partial charge in [-0.3, -0.25) is 14.4 Å². The van der Waals surface area contributed by atoms with Crippen molar-refractivity contribution in [3.63, 3.8) is 0 Å². The molecule has 1 amide bonds. The van der Waals surface area contributed by atoms with Gasteiger partial charge in [0.25, 0.3) is 5.91 Å². The first-order valence-corrected chi connectivity index (χ1v) is 9.52. The fourth-order valence-electron chi connectivity index (χ4n) is 5.41. The van der Waals surface area contributed by atoms with Gasteiger partial charge in [0.15, 0.2) is 0 Å². The smallest absolute Gasteiger partial charge is 0.274 e. The van der Waals surface area contributed by atoms with E-state index in [4.69, 9.17) is 0 Å². The maximum absolute atomic E-state index is 13.9. The number of benzene rings is 1. The Morgan fingerprint density at radius 2 is 1.81 bits per heavy atom. The molecule has 1 aromatic heterocycles. The minimum atomic E-state index is -0.563. The monoisotopic (exact) mass is 372 g/mol. The van der Waals surface area contributed by atoms with Gasteiger partial charge in [0, 0.05) is 37.8 Å². The van der Waals surface area contributed by atoms with Gasteiger partial charge in [-0.05, 0) is 55.6 Å². The zero-order valence-electron chi connectivity index (χ0n) is 15.2. The van der Waals surface area contributed by atoms with Gasteiger partial charge in [-0.1, -0.05) is 0 Å². The molecule has 4 aliphatic heterocycles. The third kappa shape index (κ3) is 2.67. The summed E-state index contributed by atoms with van der Waals surface area (Å²) in [5, 5.41) is 4.27. The second kappa shape index (κ2) is 6.12. The molecular weight excluding hydrogens is 350 g/mol. The number of amides is 1. The molecule has 3 atom stereocenters. The number of carbonyl (C=O) groups excluding carboxylic acids is 1. The van der Waals surface area contributed by atoms with E-state index in [-0.39, 0.29) is 23.9 Å². The van der Waals surface area contributed by atoms with Crippen molar-refractivity contribution in [2.45, 2.75) is 30.8 Å². The summed E-state index contributed by atoms with van der Waals surface area (Å²) < 4.78 is 29.4. The van der Waals surface area contributed by atoms with Gasteiger partial charge in [0.1, 0.15) is 17.3 Å². The molecule has 0 radical (unpaired) electrons. The van der Waals surface area contributed by atoms with Crippen molar-refractivity contribution in [3.05, 3.63) is 53.4 Å². The maximum atomic E-state index is 13.9. The summed E-state index contributed by atoms with van der Waals surface area (Å²) in [6, 6.07) is 5.67. The quantitative estimate of drug-likeness (QED) is 0.813. The SMILES string of the molecule is Cn1ccc(C(=O)N2C[C@H](c3cc(F)cc(F)c3)[C@H]3[C@@H]2C2CCN3CC2)n1. The Morgan fingerprint density at radius 1 is 1.11 bits per heavy atom. The Balaban J connectivity index is 1.54. The molecule has 0 spiro atoms. The van der Waals surface area contributed by atoms with Crippen LogP contribution in [0, 0.1) is 17.6 Å². The Kier molecular flexibility index (Phi) is 3.82. The number of carbonyl (C=O) groups is 1. The second-order valence-electron chi connectivity index (χ2n) is 8.00. The Bertz CT molecular complexity index is 870. The van der Waals surface area contributed by atoms with Gasteiger partial charge in [-0.2, -0.15) is 5.10 Å². The lowest BCUT2D eigenvalue weighted by atomic mass is 9.75. The van der Waals surface area contributed by atoms with Crippen LogP contribution in [0.15, 0.2) is 30.5 Å². The van der Waals surface area contributed by atoms with Crippen LogP contribution in [0.1, 0.15) is 34.8 Å². The van der Waals surface area contributed by atoms with E-state index in [0.717, 1.165) is 32.0 Å². The molecule has 0 saturated carbocycles. The molecule has 4 saturated heterocycles. The summed E-state index contributed by atoms with van der Waals surface area (Å²) >= 11 is 0. The van der Waals surface area contributed by atoms with Crippen molar-refractivity contribution in [2.75, 3.05) is 19.6 Å². The molecule has 1 aromatic carbocycles. The highest BCUT2D eigenvalue weighted by Crippen LogP contribution is 2.47. The second-order valence-corrected chi connectivity index (χ2v) is 8.00. The molecular formula is C20H22F2N4O. The number of halogens is 2. The number of hydrogen-bond acceptors (Lipinski definition) is 3. The molecule has 7 heteroatoms. The zero-order valence-corrected chi connectivity index (χ0v) is 15.2. The lowest BCUT2D eigenvalue weighted by Crippen LogP contribution is -2.60. The van der Waals surface area contributed by atoms with Crippen LogP contribution in [0.25, 0.3) is 0 Å². The molecule has 0 aliphatic carbocycles. The van der Waals surface area contributed by atoms with Gasteiger partial charge in [0.05, 0.1) is 6.04 Å². The van der Waals surface area contributed by atoms with E-state index in [0.29, 0.717) is 23.7 Å². The average Bonchev–Trinajstić information content (AvgIpc) is 3.26. The van der Waals surface area contributed by atoms with Crippen LogP contribution < -0.4 is 0 Å². The average molecular weight is 372 g/mol. The fourth-order valence-corrected chi connectivity index (χ4v) is 5.41. The standard InChI is InChI=1S/C20H22F2N4O/c1-24-5-4-17(23-24)20(27)26-11-16(13-8-14(21)10-15(22)9-13)19-18(26)12-2-6-25(19)7-3-12/h4-5,8-10,12,16,18-19H,2-3,6-7,11H2,1H3/t16-,18+,19+/m1/s1. The lowest BCUT2D eigenvalue weighted by molar-refractivity contribution is -0.00363. The molecule has 27 heavy (non-hydrogen) atoms. The van der Waals surface area contributed by atoms with E-state index in [1.165, 1.54) is 12.1 Å². The van der Waals surface area contributed by atoms with Crippen molar-refractivity contribution >= 4 is 5.91 Å². The topological polar surface area (TPSA) is 41.4 Å². The van der Waals surface area contributed by atoms with Gasteiger partial charge in [-0.15, -0.1) is 0 Å². The molecule has 2 aromatic rings. The normalized spacial score (nSPS) is 32.0. The largest absolute Gasteiger partial charge is 0.332 e. The summed E-state index contributed by atoms with van der Waals surface area (Å²) in [5.41, 5.74) is 1.07. The van der Waals surface area contributed by atoms with Crippen LogP contribution in [0.4, 0.5) is 8.78 Å². The van der Waals surface area contributed by atoms with E-state index in [1.54, 1.807) is 24.0 Å². The summed E-state index contributed by atoms with van der Waals surface area (Å²) in [4.78, 5) is 17.5. The Hall–Kier alpha value is -2.28. The molecule has 2 bridgehead atoms. The Morgan fingerprint density at radius 3 is 2.44 bits per heavy atom. The highest BCUT2D eigenvalue weighted by Gasteiger charge is 2.55. The summed E-state index contributed by atoms with van der Waals surface area (Å²) in [7, 11) is 1.79. The van der Waals surface area contributed by atoms with Crippen molar-refractivity contribution in [3.8, 4) is 0 Å². The molecule has 4 aliphatic rings. The highest BCUT2D eigenvalue weighted by atomic mass is 19.1. The summed E-state index contributed by atoms with van der Waals surface area (Å²) in [6.07, 6.45) is 3.89. The third-order valence-corrected chi connectivity index (χ3v) is 6.50. The van der Waals surface area contributed by atoms with Gasteiger partial charge >= 0.3 is 0 Å². The minimum absolute atomic E-state index is 0.0818. The summed E-state index contributed by atoms with van der Waals surface area (Å²) in [5.74, 6) is -0.857. The van der Waals surface area contributed by atoms with Crippen LogP contribution in [-0.2, 0) is 7.05 Å². The van der Waals surface area contributed by atoms with Crippen LogP contribution in [0.3, 0.4) is 0 Å². The lowest BCUT2D eigenvalue weighted by Gasteiger charge is -2.51. The molecule has 5 nitrogen and oxygen atoms in total. The number of hydrogen-bond donors (Lipinski definition) is 0. The number of nitrogens with zero attached hydrogens (tertiary/aromatic N) is 4. The van der Waals surface area contributed by atoms with E-state index in [9.17, 15) is 13.6 Å². The first-order chi connectivity index (χ1) is 13.0. The molecule has 0 N–H and O–H groups in total. The van der Waals surface area contributed by atoms with Crippen LogP contribution >= 0.6 is 0 Å². The number of aryl methyl sites for hydroxylation is 1. The van der Waals surface area contributed by atoms with E-state index in [1.807, 2.05) is 4.90 Å². The van der Waals surface area contributed by atoms with Gasteiger partial charge in [-0.25, -0.2) is 8.78 Å². The first-order valence-electron chi connectivity index (χ1n) is 9.52. The fraction of sp³-hybridized carbons (Fsp3) is 0.500. The minimum Gasteiger partial charge on any atom is -0.332 e. The molecule has 0 unspecified atom stereocenters. The predicted molar refractivity (Wildman–Crippen MR) is 95.2 cm³/mol. The number of likely N-dealkylation sites (tertiary alicyclic amines) is 1. The molecule has 4 fully saturated rings. The maximum Gasteiger partial charge on any atom is 0.274 e. The molecule has 6 rings (SSSR count). The van der Waals surface area contributed by atoms with Gasteiger partial charge in [0.2, 0.25) is 0 Å². The van der Waals surface area contributed by atoms with E-state index < -0.39 is 11.6 Å². The van der Waals surface area contributed by atoms with Crippen molar-refractivity contribution in [1.82, 2.24) is 19.6 Å². The Labute approximate surface area is 156 Å². The zero-order chi connectivity index (χ0) is 18.7. The number of piperidine rings is 3. The van der Waals surface area contributed by atoms with E-state index in [2.05, 4.69) is 10.00 Å². The van der Waals surface area contributed by atoms with E-state index >= 15 is 0 Å². The number of rotatable bonds is 2.